The van der Waals surface area contributed by atoms with E-state index in [9.17, 15) is 4.79 Å². The van der Waals surface area contributed by atoms with Crippen molar-refractivity contribution in [2.75, 3.05) is 27.2 Å². The standard InChI is InChI=1S/C16H32N2O2/c1-5-12-17-16(2,15(19)20-4)11-6-7-13-18(3)14-9-8-10-14/h14,17H,5-13H2,1-4H3. The van der Waals surface area contributed by atoms with Crippen molar-refractivity contribution in [2.45, 2.75) is 70.4 Å². The second-order valence-corrected chi connectivity index (χ2v) is 6.27. The highest BCUT2D eigenvalue weighted by Crippen LogP contribution is 2.24. The molecule has 1 atom stereocenters. The predicted molar refractivity (Wildman–Crippen MR) is 82.8 cm³/mol. The SMILES string of the molecule is CCCNC(C)(CCCCN(C)C1CCC1)C(=O)OC. The first-order valence-electron chi connectivity index (χ1n) is 8.07. The van der Waals surface area contributed by atoms with Crippen LogP contribution in [-0.4, -0.2) is 49.7 Å². The number of hydrogen-bond donors (Lipinski definition) is 1. The van der Waals surface area contributed by atoms with Crippen LogP contribution in [0.15, 0.2) is 0 Å². The second kappa shape index (κ2) is 8.63. The van der Waals surface area contributed by atoms with Gasteiger partial charge in [0.15, 0.2) is 0 Å². The summed E-state index contributed by atoms with van der Waals surface area (Å²) in [5.74, 6) is -0.140. The molecule has 0 saturated heterocycles. The zero-order valence-corrected chi connectivity index (χ0v) is 13.7. The van der Waals surface area contributed by atoms with Gasteiger partial charge in [-0.25, -0.2) is 0 Å². The molecule has 1 aliphatic carbocycles. The summed E-state index contributed by atoms with van der Waals surface area (Å²) in [6.45, 7) is 6.06. The van der Waals surface area contributed by atoms with Crippen molar-refractivity contribution in [3.05, 3.63) is 0 Å². The number of unbranched alkanes of at least 4 members (excludes halogenated alkanes) is 1. The fraction of sp³-hybridized carbons (Fsp3) is 0.938. The summed E-state index contributed by atoms with van der Waals surface area (Å²) in [5.41, 5.74) is -0.528. The van der Waals surface area contributed by atoms with Gasteiger partial charge < -0.3 is 15.0 Å². The van der Waals surface area contributed by atoms with Gasteiger partial charge in [0.2, 0.25) is 0 Å². The number of carbonyl (C=O) groups is 1. The predicted octanol–water partition coefficient (Wildman–Crippen LogP) is 2.57. The Bertz CT molecular complexity index is 292. The number of nitrogens with zero attached hydrogens (tertiary/aromatic N) is 1. The lowest BCUT2D eigenvalue weighted by Gasteiger charge is -2.35. The molecule has 1 N–H and O–H groups in total. The van der Waals surface area contributed by atoms with Crippen LogP contribution in [0.1, 0.15) is 58.8 Å². The van der Waals surface area contributed by atoms with Crippen molar-refractivity contribution in [1.82, 2.24) is 10.2 Å². The Kier molecular flexibility index (Phi) is 7.52. The summed E-state index contributed by atoms with van der Waals surface area (Å²) in [4.78, 5) is 14.4. The number of nitrogens with one attached hydrogen (secondary N) is 1. The molecule has 1 aliphatic rings. The molecule has 20 heavy (non-hydrogen) atoms. The first kappa shape index (κ1) is 17.4. The molecule has 0 bridgehead atoms. The fourth-order valence-electron chi connectivity index (χ4n) is 2.74. The van der Waals surface area contributed by atoms with Crippen LogP contribution in [0.4, 0.5) is 0 Å². The normalized spacial score (nSPS) is 18.6. The maximum absolute atomic E-state index is 11.9. The Hall–Kier alpha value is -0.610. The first-order chi connectivity index (χ1) is 9.53. The molecule has 0 radical (unpaired) electrons. The van der Waals surface area contributed by atoms with Crippen molar-refractivity contribution < 1.29 is 9.53 Å². The highest BCUT2D eigenvalue weighted by atomic mass is 16.5. The van der Waals surface area contributed by atoms with E-state index in [-0.39, 0.29) is 5.97 Å². The van der Waals surface area contributed by atoms with E-state index in [2.05, 4.69) is 24.2 Å². The van der Waals surface area contributed by atoms with Crippen LogP contribution in [0.5, 0.6) is 0 Å². The van der Waals surface area contributed by atoms with Gasteiger partial charge in [-0.3, -0.25) is 4.79 Å². The third kappa shape index (κ3) is 5.06. The molecule has 0 amide bonds. The van der Waals surface area contributed by atoms with E-state index in [0.717, 1.165) is 44.8 Å². The third-order valence-corrected chi connectivity index (χ3v) is 4.54. The van der Waals surface area contributed by atoms with Gasteiger partial charge in [-0.15, -0.1) is 0 Å². The van der Waals surface area contributed by atoms with Gasteiger partial charge in [0.1, 0.15) is 5.54 Å². The Morgan fingerprint density at radius 2 is 2.10 bits per heavy atom. The third-order valence-electron chi connectivity index (χ3n) is 4.54. The molecule has 4 nitrogen and oxygen atoms in total. The summed E-state index contributed by atoms with van der Waals surface area (Å²) in [6, 6.07) is 0.806. The molecule has 1 unspecified atom stereocenters. The molecule has 4 heteroatoms. The Labute approximate surface area is 124 Å². The van der Waals surface area contributed by atoms with Gasteiger partial charge >= 0.3 is 5.97 Å². The van der Waals surface area contributed by atoms with Crippen LogP contribution < -0.4 is 5.32 Å². The van der Waals surface area contributed by atoms with E-state index in [4.69, 9.17) is 4.74 Å². The zero-order valence-electron chi connectivity index (χ0n) is 13.7. The fourth-order valence-corrected chi connectivity index (χ4v) is 2.74. The average molecular weight is 284 g/mol. The van der Waals surface area contributed by atoms with Crippen LogP contribution in [0.25, 0.3) is 0 Å². The Morgan fingerprint density at radius 1 is 1.40 bits per heavy atom. The molecule has 0 spiro atoms. The van der Waals surface area contributed by atoms with Crippen molar-refractivity contribution in [3.63, 3.8) is 0 Å². The molecule has 0 aliphatic heterocycles. The molecule has 0 heterocycles. The monoisotopic (exact) mass is 284 g/mol. The topological polar surface area (TPSA) is 41.6 Å². The lowest BCUT2D eigenvalue weighted by molar-refractivity contribution is -0.148. The maximum atomic E-state index is 11.9. The molecular formula is C16H32N2O2. The van der Waals surface area contributed by atoms with E-state index in [1.165, 1.54) is 26.4 Å². The van der Waals surface area contributed by atoms with E-state index < -0.39 is 5.54 Å². The van der Waals surface area contributed by atoms with Crippen molar-refractivity contribution in [1.29, 1.82) is 0 Å². The van der Waals surface area contributed by atoms with Gasteiger partial charge in [0.05, 0.1) is 7.11 Å². The van der Waals surface area contributed by atoms with Crippen molar-refractivity contribution in [3.8, 4) is 0 Å². The molecule has 0 aromatic carbocycles. The van der Waals surface area contributed by atoms with Gasteiger partial charge in [-0.2, -0.15) is 0 Å². The quantitative estimate of drug-likeness (QED) is 0.494. The number of rotatable bonds is 10. The second-order valence-electron chi connectivity index (χ2n) is 6.27. The minimum Gasteiger partial charge on any atom is -0.468 e. The summed E-state index contributed by atoms with van der Waals surface area (Å²) in [6.07, 6.45) is 8.17. The van der Waals surface area contributed by atoms with Gasteiger partial charge in [-0.05, 0) is 65.6 Å². The molecule has 1 fully saturated rings. The molecule has 0 aromatic heterocycles. The lowest BCUT2D eigenvalue weighted by atomic mass is 9.91. The van der Waals surface area contributed by atoms with Crippen LogP contribution in [0.3, 0.4) is 0 Å². The van der Waals surface area contributed by atoms with Crippen LogP contribution >= 0.6 is 0 Å². The molecule has 118 valence electrons. The number of hydrogen-bond acceptors (Lipinski definition) is 4. The van der Waals surface area contributed by atoms with Crippen LogP contribution in [0, 0.1) is 0 Å². The van der Waals surface area contributed by atoms with Crippen molar-refractivity contribution in [2.24, 2.45) is 0 Å². The van der Waals surface area contributed by atoms with Crippen LogP contribution in [-0.2, 0) is 9.53 Å². The smallest absolute Gasteiger partial charge is 0.325 e. The van der Waals surface area contributed by atoms with E-state index in [0.29, 0.717) is 0 Å². The molecule has 1 saturated carbocycles. The number of ether oxygens (including phenoxy) is 1. The lowest BCUT2D eigenvalue weighted by Crippen LogP contribution is -2.50. The van der Waals surface area contributed by atoms with E-state index >= 15 is 0 Å². The van der Waals surface area contributed by atoms with Gasteiger partial charge in [0, 0.05) is 6.04 Å². The highest BCUT2D eigenvalue weighted by molar-refractivity contribution is 5.80. The Balaban J connectivity index is 2.28. The first-order valence-corrected chi connectivity index (χ1v) is 8.07. The van der Waals surface area contributed by atoms with E-state index in [1.807, 2.05) is 6.92 Å². The molecular weight excluding hydrogens is 252 g/mol. The molecule has 1 rings (SSSR count). The van der Waals surface area contributed by atoms with Crippen LogP contribution in [0.2, 0.25) is 0 Å². The van der Waals surface area contributed by atoms with Gasteiger partial charge in [-0.1, -0.05) is 13.3 Å². The number of methoxy groups -OCH3 is 1. The summed E-state index contributed by atoms with van der Waals surface area (Å²) in [5, 5.41) is 3.34. The zero-order chi connectivity index (χ0) is 15.0. The van der Waals surface area contributed by atoms with Crippen molar-refractivity contribution >= 4 is 5.97 Å². The summed E-state index contributed by atoms with van der Waals surface area (Å²) in [7, 11) is 3.69. The summed E-state index contributed by atoms with van der Waals surface area (Å²) < 4.78 is 4.94. The minimum atomic E-state index is -0.528. The summed E-state index contributed by atoms with van der Waals surface area (Å²) >= 11 is 0. The minimum absolute atomic E-state index is 0.140. The Morgan fingerprint density at radius 3 is 2.60 bits per heavy atom. The number of esters is 1. The molecule has 0 aromatic rings. The largest absolute Gasteiger partial charge is 0.468 e. The highest BCUT2D eigenvalue weighted by Gasteiger charge is 2.32. The van der Waals surface area contributed by atoms with E-state index in [1.54, 1.807) is 0 Å². The average Bonchev–Trinajstić information content (AvgIpc) is 2.38. The maximum Gasteiger partial charge on any atom is 0.325 e. The number of carbonyl (C=O) groups excluding carboxylic acids is 1. The van der Waals surface area contributed by atoms with Gasteiger partial charge in [0.25, 0.3) is 0 Å².